The Balaban J connectivity index is 2.43. The van der Waals surface area contributed by atoms with Gasteiger partial charge in [0, 0.05) is 11.8 Å². The minimum Gasteiger partial charge on any atom is -0.437 e. The first kappa shape index (κ1) is 12.9. The number of nitrogens with zero attached hydrogens (tertiary/aromatic N) is 1. The van der Waals surface area contributed by atoms with Crippen molar-refractivity contribution >= 4 is 28.3 Å². The number of anilines is 1. The minimum absolute atomic E-state index is 0.224. The van der Waals surface area contributed by atoms with Crippen LogP contribution in [-0.4, -0.2) is 9.97 Å². The van der Waals surface area contributed by atoms with Crippen LogP contribution in [0.15, 0.2) is 23.3 Å². The van der Waals surface area contributed by atoms with Crippen LogP contribution in [0.5, 0.6) is 11.6 Å². The summed E-state index contributed by atoms with van der Waals surface area (Å²) in [6.07, 6.45) is 1.31. The number of nitrogens with two attached hydrogens (primary N) is 1. The average Bonchev–Trinajstić information content (AvgIpc) is 2.32. The maximum atomic E-state index is 11.4. The van der Waals surface area contributed by atoms with E-state index < -0.39 is 0 Å². The molecule has 3 N–H and O–H groups in total. The SMILES string of the molecule is Cc1cc(C)c(Oc2nc[nH]c(=O)c2I)cc1N. The zero-order valence-electron chi connectivity index (χ0n) is 9.95. The number of nitrogens with one attached hydrogen (secondary N) is 1. The third-order valence-electron chi connectivity index (χ3n) is 2.53. The standard InChI is InChI=1S/C12H12IN3O2/c1-6-3-7(2)9(4-8(6)14)18-12-10(13)11(17)15-5-16-12/h3-5H,14H2,1-2H3,(H,15,16,17). The average molecular weight is 357 g/mol. The molecule has 2 rings (SSSR count). The lowest BCUT2D eigenvalue weighted by molar-refractivity contribution is 0.453. The highest BCUT2D eigenvalue weighted by Gasteiger charge is 2.10. The predicted octanol–water partition coefficient (Wildman–Crippen LogP) is 2.37. The summed E-state index contributed by atoms with van der Waals surface area (Å²) >= 11 is 1.90. The van der Waals surface area contributed by atoms with Gasteiger partial charge in [-0.05, 0) is 47.6 Å². The molecule has 0 unspecified atom stereocenters. The Kier molecular flexibility index (Phi) is 3.55. The summed E-state index contributed by atoms with van der Waals surface area (Å²) in [4.78, 5) is 17.9. The molecule has 2 aromatic rings. The summed E-state index contributed by atoms with van der Waals surface area (Å²) in [6.45, 7) is 3.85. The molecule has 18 heavy (non-hydrogen) atoms. The first-order valence-corrected chi connectivity index (χ1v) is 6.34. The van der Waals surface area contributed by atoms with E-state index in [4.69, 9.17) is 10.5 Å². The van der Waals surface area contributed by atoms with Crippen LogP contribution in [0.4, 0.5) is 5.69 Å². The van der Waals surface area contributed by atoms with Crippen molar-refractivity contribution in [2.75, 3.05) is 5.73 Å². The molecule has 1 aromatic carbocycles. The molecule has 0 radical (unpaired) electrons. The first-order valence-electron chi connectivity index (χ1n) is 5.27. The molecule has 0 amide bonds. The van der Waals surface area contributed by atoms with Crippen LogP contribution in [0, 0.1) is 17.4 Å². The van der Waals surface area contributed by atoms with Crippen molar-refractivity contribution in [3.05, 3.63) is 43.5 Å². The molecule has 0 saturated heterocycles. The largest absolute Gasteiger partial charge is 0.437 e. The van der Waals surface area contributed by atoms with Crippen molar-refractivity contribution in [2.24, 2.45) is 0 Å². The molecule has 94 valence electrons. The van der Waals surface area contributed by atoms with E-state index in [1.54, 1.807) is 6.07 Å². The van der Waals surface area contributed by atoms with E-state index in [2.05, 4.69) is 9.97 Å². The minimum atomic E-state index is -0.224. The predicted molar refractivity (Wildman–Crippen MR) is 78.0 cm³/mol. The van der Waals surface area contributed by atoms with Crippen molar-refractivity contribution in [3.63, 3.8) is 0 Å². The third-order valence-corrected chi connectivity index (χ3v) is 3.49. The molecule has 0 aliphatic heterocycles. The van der Waals surface area contributed by atoms with Crippen molar-refractivity contribution in [2.45, 2.75) is 13.8 Å². The Morgan fingerprint density at radius 2 is 2.06 bits per heavy atom. The Bertz CT molecular complexity index is 652. The first-order chi connectivity index (χ1) is 8.49. The van der Waals surface area contributed by atoms with E-state index >= 15 is 0 Å². The van der Waals surface area contributed by atoms with Crippen molar-refractivity contribution in [1.29, 1.82) is 0 Å². The van der Waals surface area contributed by atoms with Gasteiger partial charge in [0.05, 0.1) is 6.33 Å². The number of hydrogen-bond acceptors (Lipinski definition) is 4. The second-order valence-corrected chi connectivity index (χ2v) is 5.01. The third kappa shape index (κ3) is 2.47. The Morgan fingerprint density at radius 1 is 1.33 bits per heavy atom. The molecule has 0 fully saturated rings. The second kappa shape index (κ2) is 4.97. The van der Waals surface area contributed by atoms with Gasteiger partial charge in [-0.15, -0.1) is 0 Å². The van der Waals surface area contributed by atoms with Gasteiger partial charge in [-0.2, -0.15) is 0 Å². The number of H-pyrrole nitrogens is 1. The van der Waals surface area contributed by atoms with E-state index in [1.165, 1.54) is 6.33 Å². The smallest absolute Gasteiger partial charge is 0.268 e. The summed E-state index contributed by atoms with van der Waals surface area (Å²) in [5.74, 6) is 0.889. The number of hydrogen-bond donors (Lipinski definition) is 2. The zero-order valence-corrected chi connectivity index (χ0v) is 12.1. The van der Waals surface area contributed by atoms with E-state index in [-0.39, 0.29) is 11.4 Å². The maximum absolute atomic E-state index is 11.4. The summed E-state index contributed by atoms with van der Waals surface area (Å²) in [5.41, 5.74) is 8.20. The van der Waals surface area contributed by atoms with Crippen LogP contribution in [0.1, 0.15) is 11.1 Å². The molecular weight excluding hydrogens is 345 g/mol. The molecule has 0 aliphatic carbocycles. The molecule has 5 nitrogen and oxygen atoms in total. The highest BCUT2D eigenvalue weighted by atomic mass is 127. The number of aromatic amines is 1. The van der Waals surface area contributed by atoms with Crippen LogP contribution < -0.4 is 16.0 Å². The highest BCUT2D eigenvalue weighted by Crippen LogP contribution is 2.29. The molecule has 0 atom stereocenters. The van der Waals surface area contributed by atoms with Crippen LogP contribution in [0.3, 0.4) is 0 Å². The number of ether oxygens (including phenoxy) is 1. The van der Waals surface area contributed by atoms with Crippen LogP contribution in [0.25, 0.3) is 0 Å². The van der Waals surface area contributed by atoms with Gasteiger partial charge in [-0.1, -0.05) is 6.07 Å². The highest BCUT2D eigenvalue weighted by molar-refractivity contribution is 14.1. The van der Waals surface area contributed by atoms with Crippen LogP contribution in [0.2, 0.25) is 0 Å². The molecule has 0 aliphatic rings. The van der Waals surface area contributed by atoms with E-state index in [1.807, 2.05) is 42.5 Å². The van der Waals surface area contributed by atoms with E-state index in [9.17, 15) is 4.79 Å². The fourth-order valence-electron chi connectivity index (χ4n) is 1.50. The van der Waals surface area contributed by atoms with Crippen LogP contribution in [-0.2, 0) is 0 Å². The maximum Gasteiger partial charge on any atom is 0.268 e. The lowest BCUT2D eigenvalue weighted by Gasteiger charge is -2.11. The molecule has 1 heterocycles. The molecule has 1 aromatic heterocycles. The lowest BCUT2D eigenvalue weighted by atomic mass is 10.1. The van der Waals surface area contributed by atoms with Crippen molar-refractivity contribution in [1.82, 2.24) is 9.97 Å². The quantitative estimate of drug-likeness (QED) is 0.639. The van der Waals surface area contributed by atoms with E-state index in [0.717, 1.165) is 11.1 Å². The van der Waals surface area contributed by atoms with Gasteiger partial charge in [0.1, 0.15) is 9.32 Å². The van der Waals surface area contributed by atoms with Crippen LogP contribution >= 0.6 is 22.6 Å². The number of aromatic nitrogens is 2. The van der Waals surface area contributed by atoms with Gasteiger partial charge in [0.15, 0.2) is 0 Å². The van der Waals surface area contributed by atoms with Gasteiger partial charge >= 0.3 is 0 Å². The molecule has 0 bridgehead atoms. The van der Waals surface area contributed by atoms with Gasteiger partial charge in [0.25, 0.3) is 5.56 Å². The lowest BCUT2D eigenvalue weighted by Crippen LogP contribution is -2.11. The normalized spacial score (nSPS) is 10.4. The summed E-state index contributed by atoms with van der Waals surface area (Å²) in [6, 6.07) is 3.67. The Labute approximate surface area is 118 Å². The monoisotopic (exact) mass is 357 g/mol. The molecule has 0 spiro atoms. The molecule has 0 saturated carbocycles. The number of nitrogen functional groups attached to an aromatic ring is 1. The summed E-state index contributed by atoms with van der Waals surface area (Å²) < 4.78 is 6.05. The van der Waals surface area contributed by atoms with Crippen molar-refractivity contribution in [3.8, 4) is 11.6 Å². The van der Waals surface area contributed by atoms with Crippen molar-refractivity contribution < 1.29 is 4.74 Å². The number of benzene rings is 1. The van der Waals surface area contributed by atoms with Gasteiger partial charge < -0.3 is 15.5 Å². The number of halogens is 1. The molecular formula is C12H12IN3O2. The topological polar surface area (TPSA) is 81.0 Å². The fraction of sp³-hybridized carbons (Fsp3) is 0.167. The Hall–Kier alpha value is -1.57. The fourth-order valence-corrected chi connectivity index (χ4v) is 1.91. The number of rotatable bonds is 2. The van der Waals surface area contributed by atoms with Gasteiger partial charge in [-0.3, -0.25) is 4.79 Å². The second-order valence-electron chi connectivity index (χ2n) is 3.93. The Morgan fingerprint density at radius 3 is 2.78 bits per heavy atom. The molecule has 6 heteroatoms. The summed E-state index contributed by atoms with van der Waals surface area (Å²) in [5, 5.41) is 0. The van der Waals surface area contributed by atoms with E-state index in [0.29, 0.717) is 15.0 Å². The van der Waals surface area contributed by atoms with Gasteiger partial charge in [0.2, 0.25) is 5.88 Å². The number of aryl methyl sites for hydroxylation is 2. The summed E-state index contributed by atoms with van der Waals surface area (Å²) in [7, 11) is 0. The van der Waals surface area contributed by atoms with Gasteiger partial charge in [-0.25, -0.2) is 4.98 Å². The zero-order chi connectivity index (χ0) is 13.3.